The normalized spacial score (nSPS) is 18.4. The number of nitrogens with zero attached hydrogens (tertiary/aromatic N) is 3. The lowest BCUT2D eigenvalue weighted by molar-refractivity contribution is 0.0736. The summed E-state index contributed by atoms with van der Waals surface area (Å²) in [4.78, 5) is 33.4. The highest BCUT2D eigenvalue weighted by Crippen LogP contribution is 2.33. The topological polar surface area (TPSA) is 80.0 Å². The molecule has 0 spiro atoms. The van der Waals surface area contributed by atoms with Gasteiger partial charge < -0.3 is 25.8 Å². The Bertz CT molecular complexity index is 1310. The molecule has 0 atom stereocenters. The van der Waals surface area contributed by atoms with Crippen LogP contribution in [0.3, 0.4) is 0 Å². The van der Waals surface area contributed by atoms with Crippen LogP contribution in [0.15, 0.2) is 78.9 Å². The Morgan fingerprint density at radius 1 is 0.744 bits per heavy atom. The second-order valence-corrected chi connectivity index (χ2v) is 12.0. The van der Waals surface area contributed by atoms with Crippen LogP contribution in [0.5, 0.6) is 0 Å². The Labute approximate surface area is 255 Å². The molecular formula is C35H44N6O2. The number of amides is 3. The third-order valence-electron chi connectivity index (χ3n) is 9.09. The van der Waals surface area contributed by atoms with Crippen LogP contribution in [-0.2, 0) is 0 Å². The van der Waals surface area contributed by atoms with Crippen molar-refractivity contribution in [1.82, 2.24) is 20.4 Å². The Morgan fingerprint density at radius 2 is 1.37 bits per heavy atom. The van der Waals surface area contributed by atoms with Gasteiger partial charge in [-0.15, -0.1) is 0 Å². The van der Waals surface area contributed by atoms with Gasteiger partial charge in [0, 0.05) is 64.0 Å². The van der Waals surface area contributed by atoms with Crippen molar-refractivity contribution in [2.24, 2.45) is 0 Å². The summed E-state index contributed by atoms with van der Waals surface area (Å²) in [7, 11) is 0. The van der Waals surface area contributed by atoms with E-state index in [-0.39, 0.29) is 24.0 Å². The van der Waals surface area contributed by atoms with E-state index in [1.165, 1.54) is 17.5 Å². The molecule has 0 bridgehead atoms. The Hall–Kier alpha value is -3.88. The fourth-order valence-electron chi connectivity index (χ4n) is 6.78. The zero-order valence-electron chi connectivity index (χ0n) is 25.0. The van der Waals surface area contributed by atoms with Gasteiger partial charge in [-0.2, -0.15) is 0 Å². The summed E-state index contributed by atoms with van der Waals surface area (Å²) in [6.07, 6.45) is 5.63. The van der Waals surface area contributed by atoms with E-state index in [1.54, 1.807) is 0 Å². The molecule has 3 N–H and O–H groups in total. The number of rotatable bonds is 7. The molecule has 0 unspecified atom stereocenters. The van der Waals surface area contributed by atoms with Gasteiger partial charge in [0.2, 0.25) is 0 Å². The van der Waals surface area contributed by atoms with Crippen molar-refractivity contribution in [3.8, 4) is 0 Å². The number of benzene rings is 3. The van der Waals surface area contributed by atoms with Gasteiger partial charge in [-0.3, -0.25) is 9.69 Å². The number of hydrogen-bond donors (Lipinski definition) is 3. The van der Waals surface area contributed by atoms with E-state index in [0.29, 0.717) is 18.7 Å². The Balaban J connectivity index is 1.22. The predicted molar refractivity (Wildman–Crippen MR) is 173 cm³/mol. The van der Waals surface area contributed by atoms with Gasteiger partial charge in [-0.05, 0) is 42.2 Å². The maximum atomic E-state index is 13.5. The average Bonchev–Trinajstić information content (AvgIpc) is 3.07. The van der Waals surface area contributed by atoms with Crippen molar-refractivity contribution in [2.45, 2.75) is 44.2 Å². The van der Waals surface area contributed by atoms with Crippen LogP contribution in [0.25, 0.3) is 0 Å². The number of carbonyl (C=O) groups is 2. The monoisotopic (exact) mass is 580 g/mol. The largest absolute Gasteiger partial charge is 0.367 e. The Morgan fingerprint density at radius 3 is 2.00 bits per heavy atom. The molecule has 2 aliphatic heterocycles. The van der Waals surface area contributed by atoms with E-state index in [1.807, 2.05) is 23.1 Å². The molecule has 3 aromatic rings. The number of piperazine rings is 2. The van der Waals surface area contributed by atoms with Gasteiger partial charge in [0.25, 0.3) is 5.91 Å². The van der Waals surface area contributed by atoms with Gasteiger partial charge in [-0.1, -0.05) is 79.9 Å². The molecule has 2 heterocycles. The van der Waals surface area contributed by atoms with Crippen molar-refractivity contribution in [1.29, 1.82) is 0 Å². The zero-order chi connectivity index (χ0) is 29.4. The molecule has 8 nitrogen and oxygen atoms in total. The molecule has 1 saturated carbocycles. The summed E-state index contributed by atoms with van der Waals surface area (Å²) in [5.41, 5.74) is 4.90. The minimum absolute atomic E-state index is 0.0489. The van der Waals surface area contributed by atoms with Gasteiger partial charge in [0.05, 0.1) is 17.4 Å². The van der Waals surface area contributed by atoms with Crippen LogP contribution >= 0.6 is 0 Å². The molecule has 8 heteroatoms. The lowest BCUT2D eigenvalue weighted by atomic mass is 9.96. The van der Waals surface area contributed by atoms with E-state index in [2.05, 4.69) is 86.4 Å². The summed E-state index contributed by atoms with van der Waals surface area (Å²) >= 11 is 0. The second kappa shape index (κ2) is 14.1. The first-order chi connectivity index (χ1) is 21.2. The summed E-state index contributed by atoms with van der Waals surface area (Å²) in [6, 6.07) is 27.4. The Kier molecular flexibility index (Phi) is 9.55. The molecule has 43 heavy (non-hydrogen) atoms. The highest BCUT2D eigenvalue weighted by atomic mass is 16.2. The molecule has 0 aromatic heterocycles. The lowest BCUT2D eigenvalue weighted by Crippen LogP contribution is -2.48. The van der Waals surface area contributed by atoms with Crippen LogP contribution in [0, 0.1) is 0 Å². The number of nitrogens with one attached hydrogen (secondary N) is 3. The van der Waals surface area contributed by atoms with E-state index in [4.69, 9.17) is 0 Å². The quantitative estimate of drug-likeness (QED) is 0.363. The van der Waals surface area contributed by atoms with E-state index in [9.17, 15) is 9.59 Å². The predicted octanol–water partition coefficient (Wildman–Crippen LogP) is 5.10. The van der Waals surface area contributed by atoms with Gasteiger partial charge >= 0.3 is 6.03 Å². The van der Waals surface area contributed by atoms with Crippen molar-refractivity contribution in [3.05, 3.63) is 95.6 Å². The summed E-state index contributed by atoms with van der Waals surface area (Å²) in [5.74, 6) is 0.0489. The first-order valence-electron chi connectivity index (χ1n) is 16.0. The maximum Gasteiger partial charge on any atom is 0.319 e. The summed E-state index contributed by atoms with van der Waals surface area (Å²) in [5, 5.41) is 9.66. The zero-order valence-corrected chi connectivity index (χ0v) is 25.0. The fourth-order valence-corrected chi connectivity index (χ4v) is 6.78. The van der Waals surface area contributed by atoms with Gasteiger partial charge in [0.15, 0.2) is 0 Å². The molecule has 0 radical (unpaired) electrons. The van der Waals surface area contributed by atoms with Gasteiger partial charge in [-0.25, -0.2) is 4.79 Å². The highest BCUT2D eigenvalue weighted by molar-refractivity contribution is 5.99. The molecule has 3 aromatic carbocycles. The van der Waals surface area contributed by atoms with Crippen molar-refractivity contribution in [3.63, 3.8) is 0 Å². The molecule has 6 rings (SSSR count). The van der Waals surface area contributed by atoms with Crippen LogP contribution in [-0.4, -0.2) is 80.1 Å². The third kappa shape index (κ3) is 7.20. The molecule has 226 valence electrons. The third-order valence-corrected chi connectivity index (χ3v) is 9.09. The number of hydrogen-bond acceptors (Lipinski definition) is 5. The molecular weight excluding hydrogens is 536 g/mol. The first-order valence-corrected chi connectivity index (χ1v) is 16.0. The van der Waals surface area contributed by atoms with Crippen LogP contribution in [0.1, 0.15) is 59.6 Å². The lowest BCUT2D eigenvalue weighted by Gasteiger charge is -2.41. The molecule has 2 saturated heterocycles. The van der Waals surface area contributed by atoms with Crippen LogP contribution in [0.2, 0.25) is 0 Å². The average molecular weight is 581 g/mol. The smallest absolute Gasteiger partial charge is 0.319 e. The minimum Gasteiger partial charge on any atom is -0.367 e. The van der Waals surface area contributed by atoms with E-state index >= 15 is 0 Å². The number of carbonyl (C=O) groups excluding carboxylic acids is 2. The first kappa shape index (κ1) is 29.2. The number of anilines is 2. The van der Waals surface area contributed by atoms with Gasteiger partial charge in [0.1, 0.15) is 0 Å². The summed E-state index contributed by atoms with van der Waals surface area (Å²) in [6.45, 7) is 6.34. The molecule has 3 fully saturated rings. The SMILES string of the molecule is O=C(Nc1ccc(C(=O)N2CCNCC2)cc1N1CCN(C(c2ccccc2)c2ccccc2)CC1)NC1CCCCC1. The molecule has 3 amide bonds. The van der Waals surface area contributed by atoms with E-state index < -0.39 is 0 Å². The minimum atomic E-state index is -0.166. The number of urea groups is 1. The maximum absolute atomic E-state index is 13.5. The molecule has 1 aliphatic carbocycles. The van der Waals surface area contributed by atoms with Crippen molar-refractivity contribution in [2.75, 3.05) is 62.6 Å². The molecule has 3 aliphatic rings. The highest BCUT2D eigenvalue weighted by Gasteiger charge is 2.29. The van der Waals surface area contributed by atoms with Crippen LogP contribution < -0.4 is 20.9 Å². The second-order valence-electron chi connectivity index (χ2n) is 12.0. The standard InChI is InChI=1S/C35H44N6O2/c42-34(41-20-18-36-19-21-41)29-16-17-31(38-35(43)37-30-14-8-3-9-15-30)32(26-29)39-22-24-40(25-23-39)33(27-10-4-1-5-11-27)28-12-6-2-7-13-28/h1-2,4-7,10-13,16-17,26,30,33,36H,3,8-9,14-15,18-25H2,(H2,37,38,43). The van der Waals surface area contributed by atoms with Crippen molar-refractivity contribution >= 4 is 23.3 Å². The summed E-state index contributed by atoms with van der Waals surface area (Å²) < 4.78 is 0. The van der Waals surface area contributed by atoms with Crippen molar-refractivity contribution < 1.29 is 9.59 Å². The fraction of sp³-hybridized carbons (Fsp3) is 0.429. The van der Waals surface area contributed by atoms with Crippen LogP contribution in [0.4, 0.5) is 16.2 Å². The van der Waals surface area contributed by atoms with E-state index in [0.717, 1.165) is 76.3 Å².